The highest BCUT2D eigenvalue weighted by Crippen LogP contribution is 2.26. The van der Waals surface area contributed by atoms with Crippen LogP contribution in [0.1, 0.15) is 46.5 Å². The van der Waals surface area contributed by atoms with Crippen LogP contribution in [0.4, 0.5) is 0 Å². The lowest BCUT2D eigenvalue weighted by atomic mass is 9.95. The second kappa shape index (κ2) is 7.00. The molecular weight excluding hydrogens is 214 g/mol. The fourth-order valence-electron chi connectivity index (χ4n) is 2.63. The lowest BCUT2D eigenvalue weighted by Gasteiger charge is -2.26. The molecule has 0 aliphatic carbocycles. The van der Waals surface area contributed by atoms with Gasteiger partial charge in [-0.3, -0.25) is 9.69 Å². The molecule has 3 nitrogen and oxygen atoms in total. The van der Waals surface area contributed by atoms with E-state index in [1.54, 1.807) is 0 Å². The first-order valence-corrected chi connectivity index (χ1v) is 6.92. The van der Waals surface area contributed by atoms with Gasteiger partial charge in [-0.1, -0.05) is 33.6 Å². The van der Waals surface area contributed by atoms with Gasteiger partial charge in [-0.25, -0.2) is 0 Å². The average molecular weight is 241 g/mol. The van der Waals surface area contributed by atoms with Crippen LogP contribution in [-0.4, -0.2) is 37.1 Å². The van der Waals surface area contributed by atoms with Crippen molar-refractivity contribution in [3.05, 3.63) is 0 Å². The molecule has 17 heavy (non-hydrogen) atoms. The van der Waals surface area contributed by atoms with Crippen molar-refractivity contribution in [1.82, 2.24) is 4.90 Å². The SMILES string of the molecule is CCCCC(C(=O)OC)N1CCC(C(C)C)C1. The predicted octanol–water partition coefficient (Wildman–Crippen LogP) is 2.70. The molecule has 0 aromatic heterocycles. The lowest BCUT2D eigenvalue weighted by molar-refractivity contribution is -0.147. The maximum Gasteiger partial charge on any atom is 0.323 e. The van der Waals surface area contributed by atoms with Gasteiger partial charge in [0.15, 0.2) is 0 Å². The van der Waals surface area contributed by atoms with E-state index in [1.807, 2.05) is 0 Å². The molecule has 0 radical (unpaired) electrons. The van der Waals surface area contributed by atoms with E-state index in [4.69, 9.17) is 4.74 Å². The summed E-state index contributed by atoms with van der Waals surface area (Å²) in [6.45, 7) is 8.81. The quantitative estimate of drug-likeness (QED) is 0.670. The summed E-state index contributed by atoms with van der Waals surface area (Å²) in [7, 11) is 1.50. The van der Waals surface area contributed by atoms with Crippen LogP contribution in [0, 0.1) is 11.8 Å². The standard InChI is InChI=1S/C14H27NO2/c1-5-6-7-13(14(16)17-4)15-9-8-12(10-15)11(2)3/h11-13H,5-10H2,1-4H3. The Hall–Kier alpha value is -0.570. The average Bonchev–Trinajstić information content (AvgIpc) is 2.78. The van der Waals surface area contributed by atoms with Crippen LogP contribution in [-0.2, 0) is 9.53 Å². The van der Waals surface area contributed by atoms with Gasteiger partial charge in [0.05, 0.1) is 7.11 Å². The van der Waals surface area contributed by atoms with Crippen molar-refractivity contribution in [2.75, 3.05) is 20.2 Å². The zero-order valence-electron chi connectivity index (χ0n) is 11.7. The Bertz CT molecular complexity index is 240. The largest absolute Gasteiger partial charge is 0.468 e. The molecule has 1 heterocycles. The normalized spacial score (nSPS) is 23.0. The van der Waals surface area contributed by atoms with Gasteiger partial charge in [-0.2, -0.15) is 0 Å². The number of esters is 1. The van der Waals surface area contributed by atoms with Gasteiger partial charge in [0.25, 0.3) is 0 Å². The topological polar surface area (TPSA) is 29.5 Å². The molecule has 3 heteroatoms. The fraction of sp³-hybridized carbons (Fsp3) is 0.929. The molecule has 100 valence electrons. The Labute approximate surface area is 106 Å². The van der Waals surface area contributed by atoms with Crippen molar-refractivity contribution >= 4 is 5.97 Å². The van der Waals surface area contributed by atoms with Gasteiger partial charge in [0.1, 0.15) is 6.04 Å². The van der Waals surface area contributed by atoms with Crippen molar-refractivity contribution in [1.29, 1.82) is 0 Å². The molecule has 1 fully saturated rings. The van der Waals surface area contributed by atoms with Crippen LogP contribution < -0.4 is 0 Å². The summed E-state index contributed by atoms with van der Waals surface area (Å²) >= 11 is 0. The Kier molecular flexibility index (Phi) is 5.96. The molecule has 1 rings (SSSR count). The number of unbranched alkanes of at least 4 members (excludes halogenated alkanes) is 1. The number of hydrogen-bond donors (Lipinski definition) is 0. The van der Waals surface area contributed by atoms with E-state index in [9.17, 15) is 4.79 Å². The highest BCUT2D eigenvalue weighted by Gasteiger charge is 2.33. The van der Waals surface area contributed by atoms with Crippen molar-refractivity contribution in [2.24, 2.45) is 11.8 Å². The number of methoxy groups -OCH3 is 1. The molecule has 1 saturated heterocycles. The summed E-state index contributed by atoms with van der Waals surface area (Å²) < 4.78 is 4.94. The van der Waals surface area contributed by atoms with E-state index in [0.29, 0.717) is 5.92 Å². The molecule has 0 spiro atoms. The summed E-state index contributed by atoms with van der Waals surface area (Å²) in [6.07, 6.45) is 4.39. The highest BCUT2D eigenvalue weighted by molar-refractivity contribution is 5.75. The van der Waals surface area contributed by atoms with Crippen LogP contribution in [0.2, 0.25) is 0 Å². The molecular formula is C14H27NO2. The monoisotopic (exact) mass is 241 g/mol. The Morgan fingerprint density at radius 3 is 2.65 bits per heavy atom. The van der Waals surface area contributed by atoms with Gasteiger partial charge in [0, 0.05) is 6.54 Å². The van der Waals surface area contributed by atoms with Crippen LogP contribution in [0.3, 0.4) is 0 Å². The Balaban J connectivity index is 2.55. The minimum atomic E-state index is -0.0529. The summed E-state index contributed by atoms with van der Waals surface area (Å²) in [5.41, 5.74) is 0. The fourth-order valence-corrected chi connectivity index (χ4v) is 2.63. The Morgan fingerprint density at radius 1 is 1.47 bits per heavy atom. The summed E-state index contributed by atoms with van der Waals surface area (Å²) in [4.78, 5) is 14.1. The number of ether oxygens (including phenoxy) is 1. The third-order valence-corrected chi connectivity index (χ3v) is 3.94. The molecule has 0 aromatic carbocycles. The van der Waals surface area contributed by atoms with Crippen LogP contribution in [0.15, 0.2) is 0 Å². The molecule has 0 bridgehead atoms. The molecule has 0 saturated carbocycles. The maximum absolute atomic E-state index is 11.8. The van der Waals surface area contributed by atoms with Gasteiger partial charge in [-0.05, 0) is 31.2 Å². The number of nitrogens with zero attached hydrogens (tertiary/aromatic N) is 1. The number of carbonyl (C=O) groups excluding carboxylic acids is 1. The molecule has 0 N–H and O–H groups in total. The first-order chi connectivity index (χ1) is 8.10. The summed E-state index contributed by atoms with van der Waals surface area (Å²) in [5.74, 6) is 1.40. The van der Waals surface area contributed by atoms with Gasteiger partial charge < -0.3 is 4.74 Å². The highest BCUT2D eigenvalue weighted by atomic mass is 16.5. The van der Waals surface area contributed by atoms with Gasteiger partial charge in [0.2, 0.25) is 0 Å². The molecule has 1 aliphatic rings. The van der Waals surface area contributed by atoms with Crippen molar-refractivity contribution < 1.29 is 9.53 Å². The van der Waals surface area contributed by atoms with Crippen LogP contribution >= 0.6 is 0 Å². The van der Waals surface area contributed by atoms with E-state index in [2.05, 4.69) is 25.7 Å². The summed E-state index contributed by atoms with van der Waals surface area (Å²) in [5, 5.41) is 0. The van der Waals surface area contributed by atoms with E-state index in [0.717, 1.165) is 38.3 Å². The van der Waals surface area contributed by atoms with Gasteiger partial charge in [-0.15, -0.1) is 0 Å². The maximum atomic E-state index is 11.8. The van der Waals surface area contributed by atoms with Crippen molar-refractivity contribution in [2.45, 2.75) is 52.5 Å². The lowest BCUT2D eigenvalue weighted by Crippen LogP contribution is -2.40. The molecule has 2 unspecified atom stereocenters. The molecule has 0 amide bonds. The zero-order chi connectivity index (χ0) is 12.8. The molecule has 2 atom stereocenters. The minimum absolute atomic E-state index is 0.0105. The number of likely N-dealkylation sites (tertiary alicyclic amines) is 1. The molecule has 0 aromatic rings. The van der Waals surface area contributed by atoms with E-state index < -0.39 is 0 Å². The van der Waals surface area contributed by atoms with Gasteiger partial charge >= 0.3 is 5.97 Å². The van der Waals surface area contributed by atoms with Crippen molar-refractivity contribution in [3.8, 4) is 0 Å². The van der Waals surface area contributed by atoms with Crippen LogP contribution in [0.25, 0.3) is 0 Å². The first-order valence-electron chi connectivity index (χ1n) is 6.92. The van der Waals surface area contributed by atoms with Crippen molar-refractivity contribution in [3.63, 3.8) is 0 Å². The Morgan fingerprint density at radius 2 is 2.18 bits per heavy atom. The third-order valence-electron chi connectivity index (χ3n) is 3.94. The van der Waals surface area contributed by atoms with E-state index in [1.165, 1.54) is 13.5 Å². The zero-order valence-corrected chi connectivity index (χ0v) is 11.7. The smallest absolute Gasteiger partial charge is 0.323 e. The van der Waals surface area contributed by atoms with E-state index in [-0.39, 0.29) is 12.0 Å². The predicted molar refractivity (Wildman–Crippen MR) is 69.8 cm³/mol. The molecule has 1 aliphatic heterocycles. The first kappa shape index (κ1) is 14.5. The third kappa shape index (κ3) is 3.98. The minimum Gasteiger partial charge on any atom is -0.468 e. The second-order valence-corrected chi connectivity index (χ2v) is 5.47. The number of rotatable bonds is 6. The van der Waals surface area contributed by atoms with Crippen LogP contribution in [0.5, 0.6) is 0 Å². The summed E-state index contributed by atoms with van der Waals surface area (Å²) in [6, 6.07) is -0.0105. The second-order valence-electron chi connectivity index (χ2n) is 5.47. The number of carbonyl (C=O) groups is 1. The van der Waals surface area contributed by atoms with E-state index >= 15 is 0 Å². The number of hydrogen-bond acceptors (Lipinski definition) is 3.